The molecular formula is C13H17N5OS. The SMILES string of the molecule is CC(C)(NC(=O)c1n[nH]c2c1CNCC2)c1nccs1. The minimum absolute atomic E-state index is 0.161. The summed E-state index contributed by atoms with van der Waals surface area (Å²) in [7, 11) is 0. The van der Waals surface area contributed by atoms with Gasteiger partial charge in [-0.1, -0.05) is 0 Å². The van der Waals surface area contributed by atoms with E-state index in [0.29, 0.717) is 12.2 Å². The summed E-state index contributed by atoms with van der Waals surface area (Å²) in [5.74, 6) is -0.161. The van der Waals surface area contributed by atoms with Gasteiger partial charge in [0.25, 0.3) is 5.91 Å². The maximum atomic E-state index is 12.4. The minimum Gasteiger partial charge on any atom is -0.339 e. The molecule has 3 heterocycles. The molecule has 6 nitrogen and oxygen atoms in total. The summed E-state index contributed by atoms with van der Waals surface area (Å²) in [4.78, 5) is 16.7. The fourth-order valence-corrected chi connectivity index (χ4v) is 3.06. The van der Waals surface area contributed by atoms with E-state index in [1.807, 2.05) is 19.2 Å². The summed E-state index contributed by atoms with van der Waals surface area (Å²) < 4.78 is 0. The van der Waals surface area contributed by atoms with Crippen LogP contribution in [0.3, 0.4) is 0 Å². The molecule has 7 heteroatoms. The van der Waals surface area contributed by atoms with Gasteiger partial charge >= 0.3 is 0 Å². The largest absolute Gasteiger partial charge is 0.339 e. The fourth-order valence-electron chi connectivity index (χ4n) is 2.34. The van der Waals surface area contributed by atoms with Gasteiger partial charge in [0.15, 0.2) is 5.69 Å². The van der Waals surface area contributed by atoms with Gasteiger partial charge in [-0.2, -0.15) is 5.10 Å². The van der Waals surface area contributed by atoms with E-state index in [1.165, 1.54) is 11.3 Å². The quantitative estimate of drug-likeness (QED) is 0.793. The third kappa shape index (κ3) is 2.34. The summed E-state index contributed by atoms with van der Waals surface area (Å²) in [6, 6.07) is 0. The summed E-state index contributed by atoms with van der Waals surface area (Å²) in [5, 5.41) is 16.2. The van der Waals surface area contributed by atoms with Crippen molar-refractivity contribution >= 4 is 17.2 Å². The number of nitrogens with one attached hydrogen (secondary N) is 3. The molecule has 0 fully saturated rings. The topological polar surface area (TPSA) is 82.7 Å². The Morgan fingerprint density at radius 3 is 3.10 bits per heavy atom. The van der Waals surface area contributed by atoms with Crippen molar-refractivity contribution in [1.82, 2.24) is 25.8 Å². The van der Waals surface area contributed by atoms with Crippen molar-refractivity contribution < 1.29 is 4.79 Å². The van der Waals surface area contributed by atoms with Gasteiger partial charge in [-0.3, -0.25) is 9.89 Å². The molecule has 0 unspecified atom stereocenters. The number of carbonyl (C=O) groups excluding carboxylic acids is 1. The lowest BCUT2D eigenvalue weighted by Crippen LogP contribution is -2.41. The molecule has 0 radical (unpaired) electrons. The van der Waals surface area contributed by atoms with Crippen molar-refractivity contribution in [2.45, 2.75) is 32.4 Å². The lowest BCUT2D eigenvalue weighted by Gasteiger charge is -2.23. The molecule has 0 aliphatic carbocycles. The third-order valence-electron chi connectivity index (χ3n) is 3.41. The number of hydrogen-bond donors (Lipinski definition) is 3. The standard InChI is InChI=1S/C13H17N5OS/c1-13(2,12-15-5-6-20-12)16-11(19)10-8-7-14-4-3-9(8)17-18-10/h5-6,14H,3-4,7H2,1-2H3,(H,16,19)(H,17,18). The molecule has 0 saturated carbocycles. The minimum atomic E-state index is -0.501. The summed E-state index contributed by atoms with van der Waals surface area (Å²) in [6.45, 7) is 5.50. The molecule has 0 saturated heterocycles. The molecule has 0 atom stereocenters. The van der Waals surface area contributed by atoms with Crippen LogP contribution in [0.15, 0.2) is 11.6 Å². The molecule has 3 N–H and O–H groups in total. The first kappa shape index (κ1) is 13.3. The first-order valence-corrected chi connectivity index (χ1v) is 7.45. The third-order valence-corrected chi connectivity index (χ3v) is 4.51. The number of aromatic amines is 1. The van der Waals surface area contributed by atoms with Crippen molar-refractivity contribution in [3.05, 3.63) is 33.5 Å². The Bertz CT molecular complexity index is 617. The summed E-state index contributed by atoms with van der Waals surface area (Å²) in [5.41, 5.74) is 2.01. The van der Waals surface area contributed by atoms with Gasteiger partial charge in [0.05, 0.1) is 5.54 Å². The van der Waals surface area contributed by atoms with E-state index >= 15 is 0 Å². The van der Waals surface area contributed by atoms with Gasteiger partial charge in [0, 0.05) is 42.3 Å². The first-order valence-electron chi connectivity index (χ1n) is 6.57. The Kier molecular flexibility index (Phi) is 3.31. The van der Waals surface area contributed by atoms with Crippen LogP contribution in [0.2, 0.25) is 0 Å². The van der Waals surface area contributed by atoms with E-state index in [0.717, 1.165) is 29.2 Å². The highest BCUT2D eigenvalue weighted by Crippen LogP contribution is 2.23. The zero-order chi connectivity index (χ0) is 14.2. The number of amides is 1. The summed E-state index contributed by atoms with van der Waals surface area (Å²) in [6.07, 6.45) is 2.62. The Hall–Kier alpha value is -1.73. The Balaban J connectivity index is 1.82. The van der Waals surface area contributed by atoms with Gasteiger partial charge in [-0.25, -0.2) is 4.98 Å². The fraction of sp³-hybridized carbons (Fsp3) is 0.462. The Morgan fingerprint density at radius 1 is 1.50 bits per heavy atom. The number of carbonyl (C=O) groups is 1. The zero-order valence-electron chi connectivity index (χ0n) is 11.5. The van der Waals surface area contributed by atoms with Crippen LogP contribution in [0.4, 0.5) is 0 Å². The van der Waals surface area contributed by atoms with E-state index in [1.54, 1.807) is 6.20 Å². The Labute approximate surface area is 121 Å². The van der Waals surface area contributed by atoms with Crippen LogP contribution in [-0.2, 0) is 18.5 Å². The highest BCUT2D eigenvalue weighted by Gasteiger charge is 2.29. The first-order chi connectivity index (χ1) is 9.58. The predicted molar refractivity (Wildman–Crippen MR) is 76.6 cm³/mol. The van der Waals surface area contributed by atoms with Crippen molar-refractivity contribution in [3.8, 4) is 0 Å². The van der Waals surface area contributed by atoms with E-state index < -0.39 is 5.54 Å². The van der Waals surface area contributed by atoms with Crippen molar-refractivity contribution in [3.63, 3.8) is 0 Å². The van der Waals surface area contributed by atoms with E-state index in [4.69, 9.17) is 0 Å². The Morgan fingerprint density at radius 2 is 2.35 bits per heavy atom. The van der Waals surface area contributed by atoms with E-state index in [9.17, 15) is 4.79 Å². The molecule has 0 spiro atoms. The number of aromatic nitrogens is 3. The molecule has 0 aromatic carbocycles. The molecule has 2 aromatic heterocycles. The average molecular weight is 291 g/mol. The molecule has 2 aromatic rings. The molecule has 1 aliphatic rings. The molecule has 106 valence electrons. The normalized spacial score (nSPS) is 14.9. The number of fused-ring (bicyclic) bond motifs is 1. The van der Waals surface area contributed by atoms with Crippen LogP contribution in [0.1, 0.15) is 40.6 Å². The maximum absolute atomic E-state index is 12.4. The van der Waals surface area contributed by atoms with E-state index in [2.05, 4.69) is 25.8 Å². The van der Waals surface area contributed by atoms with Crippen molar-refractivity contribution in [2.75, 3.05) is 6.54 Å². The van der Waals surface area contributed by atoms with Gasteiger partial charge in [-0.05, 0) is 13.8 Å². The van der Waals surface area contributed by atoms with Crippen molar-refractivity contribution in [2.24, 2.45) is 0 Å². The average Bonchev–Trinajstić information content (AvgIpc) is 3.08. The highest BCUT2D eigenvalue weighted by atomic mass is 32.1. The van der Waals surface area contributed by atoms with Gasteiger partial charge in [0.1, 0.15) is 5.01 Å². The van der Waals surface area contributed by atoms with Crippen LogP contribution in [0.5, 0.6) is 0 Å². The number of thiazole rings is 1. The smallest absolute Gasteiger partial charge is 0.272 e. The van der Waals surface area contributed by atoms with Crippen LogP contribution >= 0.6 is 11.3 Å². The lowest BCUT2D eigenvalue weighted by molar-refractivity contribution is 0.0905. The zero-order valence-corrected chi connectivity index (χ0v) is 12.3. The predicted octanol–water partition coefficient (Wildman–Crippen LogP) is 1.18. The van der Waals surface area contributed by atoms with Crippen molar-refractivity contribution in [1.29, 1.82) is 0 Å². The van der Waals surface area contributed by atoms with Gasteiger partial charge in [-0.15, -0.1) is 11.3 Å². The molecular weight excluding hydrogens is 274 g/mol. The van der Waals surface area contributed by atoms with Crippen LogP contribution < -0.4 is 10.6 Å². The maximum Gasteiger partial charge on any atom is 0.272 e. The van der Waals surface area contributed by atoms with E-state index in [-0.39, 0.29) is 5.91 Å². The molecule has 1 amide bonds. The lowest BCUT2D eigenvalue weighted by atomic mass is 10.0. The van der Waals surface area contributed by atoms with Crippen LogP contribution in [-0.4, -0.2) is 27.6 Å². The molecule has 20 heavy (non-hydrogen) atoms. The number of nitrogens with zero attached hydrogens (tertiary/aromatic N) is 2. The second-order valence-corrected chi connectivity index (χ2v) is 6.27. The van der Waals surface area contributed by atoms with Crippen LogP contribution in [0, 0.1) is 0 Å². The second kappa shape index (κ2) is 4.99. The molecule has 0 bridgehead atoms. The monoisotopic (exact) mass is 291 g/mol. The molecule has 3 rings (SSSR count). The van der Waals surface area contributed by atoms with Gasteiger partial charge in [0.2, 0.25) is 0 Å². The number of hydrogen-bond acceptors (Lipinski definition) is 5. The van der Waals surface area contributed by atoms with Crippen LogP contribution in [0.25, 0.3) is 0 Å². The number of H-pyrrole nitrogens is 1. The van der Waals surface area contributed by atoms with Gasteiger partial charge < -0.3 is 10.6 Å². The number of rotatable bonds is 3. The second-order valence-electron chi connectivity index (χ2n) is 5.37. The highest BCUT2D eigenvalue weighted by molar-refractivity contribution is 7.09. The molecule has 1 aliphatic heterocycles. The summed E-state index contributed by atoms with van der Waals surface area (Å²) >= 11 is 1.53.